The Morgan fingerprint density at radius 1 is 0.829 bits per heavy atom. The molecule has 0 aliphatic rings. The van der Waals surface area contributed by atoms with Gasteiger partial charge in [-0.3, -0.25) is 9.78 Å². The second kappa shape index (κ2) is 12.1. The number of esters is 1. The van der Waals surface area contributed by atoms with Crippen molar-refractivity contribution in [3.05, 3.63) is 78.2 Å². The number of rotatable bonds is 9. The Morgan fingerprint density at radius 3 is 2.12 bits per heavy atom. The van der Waals surface area contributed by atoms with E-state index in [1.807, 2.05) is 0 Å². The number of halogens is 1. The monoisotopic (exact) mass is 562 g/mol. The molecule has 0 saturated carbocycles. The molecule has 10 heteroatoms. The van der Waals surface area contributed by atoms with Gasteiger partial charge in [0.15, 0.2) is 29.2 Å². The van der Waals surface area contributed by atoms with E-state index in [0.29, 0.717) is 33.9 Å². The van der Waals surface area contributed by atoms with Crippen LogP contribution >= 0.6 is 0 Å². The zero-order valence-corrected chi connectivity index (χ0v) is 23.6. The Hall–Kier alpha value is -4.86. The van der Waals surface area contributed by atoms with Crippen molar-refractivity contribution in [3.8, 4) is 28.7 Å². The fourth-order valence-corrected chi connectivity index (χ4v) is 4.05. The predicted molar refractivity (Wildman–Crippen MR) is 152 cm³/mol. The number of ether oxygens (including phenoxy) is 5. The van der Waals surface area contributed by atoms with Crippen molar-refractivity contribution in [1.29, 1.82) is 0 Å². The van der Waals surface area contributed by atoms with Crippen molar-refractivity contribution in [2.24, 2.45) is 5.41 Å². The molecule has 0 fully saturated rings. The van der Waals surface area contributed by atoms with Crippen LogP contribution < -0.4 is 24.3 Å². The Kier molecular flexibility index (Phi) is 8.61. The summed E-state index contributed by atoms with van der Waals surface area (Å²) in [6.45, 7) is 5.29. The van der Waals surface area contributed by atoms with Crippen LogP contribution in [0.15, 0.2) is 66.9 Å². The molecule has 9 nitrogen and oxygen atoms in total. The summed E-state index contributed by atoms with van der Waals surface area (Å²) in [5.41, 5.74) is 0.252. The molecule has 4 aromatic rings. The molecular formula is C31H31FN2O7. The fraction of sp³-hybridized carbons (Fsp3) is 0.258. The van der Waals surface area contributed by atoms with Crippen LogP contribution in [0.4, 0.5) is 10.1 Å². The van der Waals surface area contributed by atoms with Crippen LogP contribution in [0.1, 0.15) is 31.1 Å². The molecule has 1 unspecified atom stereocenters. The van der Waals surface area contributed by atoms with Gasteiger partial charge in [0.2, 0.25) is 0 Å². The number of anilines is 1. The van der Waals surface area contributed by atoms with Gasteiger partial charge in [-0.2, -0.15) is 0 Å². The second-order valence-electron chi connectivity index (χ2n) is 10.1. The Bertz CT molecular complexity index is 1570. The summed E-state index contributed by atoms with van der Waals surface area (Å²) in [5.74, 6) is -0.149. The molecule has 1 atom stereocenters. The van der Waals surface area contributed by atoms with E-state index in [-0.39, 0.29) is 17.0 Å². The molecule has 1 amide bonds. The van der Waals surface area contributed by atoms with Crippen LogP contribution in [-0.4, -0.2) is 44.3 Å². The standard InChI is InChI=1S/C31H31FN2O7/c1-31(2,3)28(41-30(36)18-7-10-20(37-4)11-8-18)29(35)34-19-9-12-25(22(32)15-19)40-24-13-14-33-23-17-27(39-6)26(38-5)16-21(23)24/h7-17,28H,1-6H3,(H,34,35). The number of carbonyl (C=O) groups excluding carboxylic acids is 2. The van der Waals surface area contributed by atoms with Gasteiger partial charge in [-0.15, -0.1) is 0 Å². The van der Waals surface area contributed by atoms with Gasteiger partial charge in [-0.1, -0.05) is 20.8 Å². The fourth-order valence-electron chi connectivity index (χ4n) is 4.05. The summed E-state index contributed by atoms with van der Waals surface area (Å²) in [7, 11) is 4.55. The Labute approximate surface area is 237 Å². The van der Waals surface area contributed by atoms with Gasteiger partial charge in [-0.25, -0.2) is 9.18 Å². The summed E-state index contributed by atoms with van der Waals surface area (Å²) < 4.78 is 42.4. The highest BCUT2D eigenvalue weighted by molar-refractivity contribution is 5.98. The highest BCUT2D eigenvalue weighted by Crippen LogP contribution is 2.37. The van der Waals surface area contributed by atoms with E-state index in [1.165, 1.54) is 39.7 Å². The normalized spacial score (nSPS) is 11.9. The lowest BCUT2D eigenvalue weighted by Crippen LogP contribution is -2.42. The van der Waals surface area contributed by atoms with E-state index in [0.717, 1.165) is 6.07 Å². The highest BCUT2D eigenvalue weighted by Gasteiger charge is 2.35. The molecule has 1 N–H and O–H groups in total. The third-order valence-electron chi connectivity index (χ3n) is 6.20. The maximum absolute atomic E-state index is 15.1. The van der Waals surface area contributed by atoms with E-state index in [1.54, 1.807) is 63.2 Å². The number of nitrogens with one attached hydrogen (secondary N) is 1. The summed E-state index contributed by atoms with van der Waals surface area (Å²) in [4.78, 5) is 30.3. The third-order valence-corrected chi connectivity index (χ3v) is 6.20. The number of fused-ring (bicyclic) bond motifs is 1. The zero-order chi connectivity index (χ0) is 29.7. The van der Waals surface area contributed by atoms with Crippen molar-refractivity contribution in [2.75, 3.05) is 26.6 Å². The molecule has 214 valence electrons. The van der Waals surface area contributed by atoms with Crippen LogP contribution in [0.3, 0.4) is 0 Å². The van der Waals surface area contributed by atoms with Gasteiger partial charge in [0.1, 0.15) is 11.5 Å². The lowest BCUT2D eigenvalue weighted by molar-refractivity contribution is -0.130. The van der Waals surface area contributed by atoms with Gasteiger partial charge in [0.05, 0.1) is 32.4 Å². The molecule has 1 heterocycles. The summed E-state index contributed by atoms with van der Waals surface area (Å²) >= 11 is 0. The maximum Gasteiger partial charge on any atom is 0.338 e. The van der Waals surface area contributed by atoms with Crippen LogP contribution in [-0.2, 0) is 9.53 Å². The largest absolute Gasteiger partial charge is 0.497 e. The molecule has 0 aliphatic carbocycles. The minimum absolute atomic E-state index is 0.0661. The topological polar surface area (TPSA) is 105 Å². The van der Waals surface area contributed by atoms with E-state index in [4.69, 9.17) is 23.7 Å². The zero-order valence-electron chi connectivity index (χ0n) is 23.6. The number of hydrogen-bond acceptors (Lipinski definition) is 8. The van der Waals surface area contributed by atoms with Crippen LogP contribution in [0, 0.1) is 11.2 Å². The molecule has 0 spiro atoms. The van der Waals surface area contributed by atoms with Crippen LogP contribution in [0.25, 0.3) is 10.9 Å². The average Bonchev–Trinajstić information content (AvgIpc) is 2.95. The van der Waals surface area contributed by atoms with Crippen molar-refractivity contribution >= 4 is 28.5 Å². The summed E-state index contributed by atoms with van der Waals surface area (Å²) in [6.07, 6.45) is 0.377. The molecule has 1 aromatic heterocycles. The Balaban J connectivity index is 1.52. The number of carbonyl (C=O) groups is 2. The summed E-state index contributed by atoms with van der Waals surface area (Å²) in [6, 6.07) is 15.4. The smallest absolute Gasteiger partial charge is 0.338 e. The first-order chi connectivity index (χ1) is 19.5. The van der Waals surface area contributed by atoms with Gasteiger partial charge in [-0.05, 0) is 48.5 Å². The van der Waals surface area contributed by atoms with E-state index >= 15 is 4.39 Å². The first kappa shape index (κ1) is 29.1. The SMILES string of the molecule is COc1ccc(C(=O)OC(C(=O)Nc2ccc(Oc3ccnc4cc(OC)c(OC)cc34)c(F)c2)C(C)(C)C)cc1. The molecule has 41 heavy (non-hydrogen) atoms. The molecular weight excluding hydrogens is 531 g/mol. The van der Waals surface area contributed by atoms with E-state index in [2.05, 4.69) is 10.3 Å². The first-order valence-electron chi connectivity index (χ1n) is 12.7. The third kappa shape index (κ3) is 6.66. The number of methoxy groups -OCH3 is 3. The molecule has 0 bridgehead atoms. The molecule has 0 saturated heterocycles. The number of pyridine rings is 1. The first-order valence-corrected chi connectivity index (χ1v) is 12.7. The number of benzene rings is 3. The van der Waals surface area contributed by atoms with Gasteiger partial charge in [0, 0.05) is 34.8 Å². The molecule has 3 aromatic carbocycles. The van der Waals surface area contributed by atoms with Gasteiger partial charge in [0.25, 0.3) is 5.91 Å². The second-order valence-corrected chi connectivity index (χ2v) is 10.1. The lowest BCUT2D eigenvalue weighted by Gasteiger charge is -2.29. The van der Waals surface area contributed by atoms with Crippen molar-refractivity contribution in [2.45, 2.75) is 26.9 Å². The van der Waals surface area contributed by atoms with Crippen molar-refractivity contribution < 1.29 is 37.7 Å². The quantitative estimate of drug-likeness (QED) is 0.234. The highest BCUT2D eigenvalue weighted by atomic mass is 19.1. The van der Waals surface area contributed by atoms with Gasteiger partial charge < -0.3 is 29.0 Å². The Morgan fingerprint density at radius 2 is 1.51 bits per heavy atom. The summed E-state index contributed by atoms with van der Waals surface area (Å²) in [5, 5.41) is 3.23. The van der Waals surface area contributed by atoms with Gasteiger partial charge >= 0.3 is 5.97 Å². The van der Waals surface area contributed by atoms with E-state index < -0.39 is 29.2 Å². The maximum atomic E-state index is 15.1. The number of hydrogen-bond donors (Lipinski definition) is 1. The molecule has 0 radical (unpaired) electrons. The number of amides is 1. The van der Waals surface area contributed by atoms with Crippen LogP contribution in [0.2, 0.25) is 0 Å². The number of aromatic nitrogens is 1. The molecule has 0 aliphatic heterocycles. The minimum Gasteiger partial charge on any atom is -0.497 e. The molecule has 4 rings (SSSR count). The number of nitrogens with zero attached hydrogens (tertiary/aromatic N) is 1. The lowest BCUT2D eigenvalue weighted by atomic mass is 9.88. The van der Waals surface area contributed by atoms with E-state index in [9.17, 15) is 9.59 Å². The van der Waals surface area contributed by atoms with Crippen LogP contribution in [0.5, 0.6) is 28.7 Å². The minimum atomic E-state index is -1.16. The average molecular weight is 563 g/mol. The van der Waals surface area contributed by atoms with Crippen molar-refractivity contribution in [1.82, 2.24) is 4.98 Å². The predicted octanol–water partition coefficient (Wildman–Crippen LogP) is 6.40. The van der Waals surface area contributed by atoms with Crippen molar-refractivity contribution in [3.63, 3.8) is 0 Å².